The second kappa shape index (κ2) is 6.60. The van der Waals surface area contributed by atoms with Crippen molar-refractivity contribution in [2.75, 3.05) is 23.3 Å². The van der Waals surface area contributed by atoms with Crippen LogP contribution in [0.15, 0.2) is 30.3 Å². The molecular formula is C16H19N5O2. The van der Waals surface area contributed by atoms with Gasteiger partial charge in [0, 0.05) is 19.1 Å². The zero-order valence-corrected chi connectivity index (χ0v) is 12.9. The minimum absolute atomic E-state index is 0.0482. The van der Waals surface area contributed by atoms with E-state index in [1.165, 1.54) is 6.07 Å². The lowest BCUT2D eigenvalue weighted by molar-refractivity contribution is 0.0690. The number of carbonyl (C=O) groups is 1. The Balaban J connectivity index is 1.68. The van der Waals surface area contributed by atoms with E-state index < -0.39 is 5.97 Å². The van der Waals surface area contributed by atoms with E-state index in [9.17, 15) is 4.79 Å². The molecule has 1 aliphatic rings. The maximum atomic E-state index is 11.0. The predicted molar refractivity (Wildman–Crippen MR) is 86.8 cm³/mol. The summed E-state index contributed by atoms with van der Waals surface area (Å²) in [4.78, 5) is 17.3. The Morgan fingerprint density at radius 2 is 2.17 bits per heavy atom. The predicted octanol–water partition coefficient (Wildman–Crippen LogP) is 1.96. The number of hydrogen-bond acceptors (Lipinski definition) is 6. The molecule has 2 N–H and O–H groups in total. The first-order chi connectivity index (χ1) is 11.1. The second-order valence-corrected chi connectivity index (χ2v) is 5.68. The third-order valence-electron chi connectivity index (χ3n) is 3.85. The molecule has 0 radical (unpaired) electrons. The number of anilines is 2. The Hall–Kier alpha value is -2.70. The van der Waals surface area contributed by atoms with Gasteiger partial charge in [0.2, 0.25) is 0 Å². The van der Waals surface area contributed by atoms with Gasteiger partial charge in [-0.1, -0.05) is 6.07 Å². The molecule has 1 aliphatic heterocycles. The highest BCUT2D eigenvalue weighted by molar-refractivity contribution is 5.85. The van der Waals surface area contributed by atoms with Crippen molar-refractivity contribution < 1.29 is 9.90 Å². The van der Waals surface area contributed by atoms with Crippen LogP contribution in [0.1, 0.15) is 29.0 Å². The maximum Gasteiger partial charge on any atom is 0.354 e. The zero-order chi connectivity index (χ0) is 16.2. The van der Waals surface area contributed by atoms with E-state index >= 15 is 0 Å². The van der Waals surface area contributed by atoms with Crippen LogP contribution in [-0.4, -0.2) is 45.4 Å². The molecule has 0 spiro atoms. The summed E-state index contributed by atoms with van der Waals surface area (Å²) in [6, 6.07) is 9.11. The Bertz CT molecular complexity index is 689. The number of aromatic nitrogens is 3. The number of carboxylic acids is 1. The third kappa shape index (κ3) is 3.74. The molecule has 1 fully saturated rings. The van der Waals surface area contributed by atoms with E-state index in [0.29, 0.717) is 5.82 Å². The van der Waals surface area contributed by atoms with Crippen molar-refractivity contribution in [1.29, 1.82) is 0 Å². The number of aryl methyl sites for hydroxylation is 1. The van der Waals surface area contributed by atoms with Gasteiger partial charge in [-0.25, -0.2) is 9.78 Å². The van der Waals surface area contributed by atoms with Gasteiger partial charge in [0.15, 0.2) is 11.5 Å². The summed E-state index contributed by atoms with van der Waals surface area (Å²) in [7, 11) is 0. The normalized spacial score (nSPS) is 17.8. The largest absolute Gasteiger partial charge is 0.477 e. The van der Waals surface area contributed by atoms with Gasteiger partial charge in [-0.05, 0) is 44.0 Å². The fraction of sp³-hybridized carbons (Fsp3) is 0.375. The van der Waals surface area contributed by atoms with Crippen molar-refractivity contribution in [2.45, 2.75) is 25.8 Å². The number of rotatable bonds is 4. The van der Waals surface area contributed by atoms with Crippen LogP contribution in [0.4, 0.5) is 11.6 Å². The summed E-state index contributed by atoms with van der Waals surface area (Å²) >= 11 is 0. The molecule has 7 nitrogen and oxygen atoms in total. The number of aromatic carboxylic acids is 1. The number of hydrogen-bond donors (Lipinski definition) is 2. The lowest BCUT2D eigenvalue weighted by Gasteiger charge is -2.34. The molecule has 1 unspecified atom stereocenters. The Morgan fingerprint density at radius 1 is 1.30 bits per heavy atom. The van der Waals surface area contributed by atoms with Gasteiger partial charge >= 0.3 is 5.97 Å². The van der Waals surface area contributed by atoms with E-state index in [-0.39, 0.29) is 11.7 Å². The molecule has 23 heavy (non-hydrogen) atoms. The molecular weight excluding hydrogens is 294 g/mol. The number of nitrogens with one attached hydrogen (secondary N) is 1. The van der Waals surface area contributed by atoms with Crippen molar-refractivity contribution in [3.63, 3.8) is 0 Å². The van der Waals surface area contributed by atoms with E-state index in [1.54, 1.807) is 12.1 Å². The van der Waals surface area contributed by atoms with Gasteiger partial charge in [-0.2, -0.15) is 5.10 Å². The quantitative estimate of drug-likeness (QED) is 0.891. The first kappa shape index (κ1) is 15.2. The molecule has 1 atom stereocenters. The highest BCUT2D eigenvalue weighted by Gasteiger charge is 2.21. The molecule has 3 rings (SSSR count). The van der Waals surface area contributed by atoms with Crippen LogP contribution in [0.2, 0.25) is 0 Å². The van der Waals surface area contributed by atoms with E-state index in [0.717, 1.165) is 37.4 Å². The summed E-state index contributed by atoms with van der Waals surface area (Å²) in [5, 5.41) is 20.7. The Kier molecular flexibility index (Phi) is 4.36. The monoisotopic (exact) mass is 313 g/mol. The maximum absolute atomic E-state index is 11.0. The molecule has 2 aromatic rings. The second-order valence-electron chi connectivity index (χ2n) is 5.68. The van der Waals surface area contributed by atoms with Crippen LogP contribution in [0, 0.1) is 6.92 Å². The molecule has 7 heteroatoms. The average Bonchev–Trinajstić information content (AvgIpc) is 2.56. The van der Waals surface area contributed by atoms with Crippen molar-refractivity contribution in [3.8, 4) is 0 Å². The minimum atomic E-state index is -1.02. The molecule has 1 saturated heterocycles. The van der Waals surface area contributed by atoms with Crippen molar-refractivity contribution in [2.24, 2.45) is 0 Å². The highest BCUT2D eigenvalue weighted by Crippen LogP contribution is 2.19. The smallest absolute Gasteiger partial charge is 0.354 e. The molecule has 2 aromatic heterocycles. The Labute approximate surface area is 134 Å². The van der Waals surface area contributed by atoms with Gasteiger partial charge in [-0.3, -0.25) is 0 Å². The van der Waals surface area contributed by atoms with Gasteiger partial charge in [-0.15, -0.1) is 5.10 Å². The third-order valence-corrected chi connectivity index (χ3v) is 3.85. The summed E-state index contributed by atoms with van der Waals surface area (Å²) in [6.45, 7) is 3.65. The molecule has 0 bridgehead atoms. The number of piperidine rings is 1. The van der Waals surface area contributed by atoms with Crippen LogP contribution in [0.25, 0.3) is 0 Å². The molecule has 3 heterocycles. The van der Waals surface area contributed by atoms with Crippen LogP contribution >= 0.6 is 0 Å². The van der Waals surface area contributed by atoms with Crippen LogP contribution < -0.4 is 10.2 Å². The van der Waals surface area contributed by atoms with Gasteiger partial charge in [0.25, 0.3) is 0 Å². The van der Waals surface area contributed by atoms with Crippen LogP contribution in [0.5, 0.6) is 0 Å². The molecule has 0 aromatic carbocycles. The molecule has 0 saturated carbocycles. The fourth-order valence-electron chi connectivity index (χ4n) is 2.71. The number of carboxylic acid groups (broad SMARTS) is 1. The summed E-state index contributed by atoms with van der Waals surface area (Å²) in [5.41, 5.74) is 0.946. The van der Waals surface area contributed by atoms with E-state index in [4.69, 9.17) is 5.11 Å². The van der Waals surface area contributed by atoms with Gasteiger partial charge in [0.05, 0.1) is 5.69 Å². The van der Waals surface area contributed by atoms with Crippen LogP contribution in [0.3, 0.4) is 0 Å². The SMILES string of the molecule is Cc1ccc(N2CCCC(Nc3cccc(C(=O)O)n3)C2)nn1. The summed E-state index contributed by atoms with van der Waals surface area (Å²) < 4.78 is 0. The first-order valence-corrected chi connectivity index (χ1v) is 7.64. The number of pyridine rings is 1. The lowest BCUT2D eigenvalue weighted by atomic mass is 10.1. The van der Waals surface area contributed by atoms with Gasteiger partial charge in [0.1, 0.15) is 5.82 Å². The topological polar surface area (TPSA) is 91.2 Å². The van der Waals surface area contributed by atoms with E-state index in [1.807, 2.05) is 19.1 Å². The fourth-order valence-corrected chi connectivity index (χ4v) is 2.71. The van der Waals surface area contributed by atoms with Crippen molar-refractivity contribution >= 4 is 17.6 Å². The molecule has 120 valence electrons. The molecule has 0 amide bonds. The number of nitrogens with zero attached hydrogens (tertiary/aromatic N) is 4. The highest BCUT2D eigenvalue weighted by atomic mass is 16.4. The van der Waals surface area contributed by atoms with Crippen molar-refractivity contribution in [1.82, 2.24) is 15.2 Å². The first-order valence-electron chi connectivity index (χ1n) is 7.64. The molecule has 0 aliphatic carbocycles. The van der Waals surface area contributed by atoms with Crippen LogP contribution in [-0.2, 0) is 0 Å². The minimum Gasteiger partial charge on any atom is -0.477 e. The van der Waals surface area contributed by atoms with Gasteiger partial charge < -0.3 is 15.3 Å². The van der Waals surface area contributed by atoms with E-state index in [2.05, 4.69) is 25.4 Å². The standard InChI is InChI=1S/C16H19N5O2/c1-11-7-8-15(20-19-11)21-9-3-4-12(10-21)17-14-6-2-5-13(18-14)16(22)23/h2,5-8,12H,3-4,9-10H2,1H3,(H,17,18)(H,22,23). The zero-order valence-electron chi connectivity index (χ0n) is 12.9. The summed E-state index contributed by atoms with van der Waals surface area (Å²) in [6.07, 6.45) is 2.04. The lowest BCUT2D eigenvalue weighted by Crippen LogP contribution is -2.42. The summed E-state index contributed by atoms with van der Waals surface area (Å²) in [5.74, 6) is 0.440. The Morgan fingerprint density at radius 3 is 2.91 bits per heavy atom. The van der Waals surface area contributed by atoms with Crippen molar-refractivity contribution in [3.05, 3.63) is 41.7 Å². The average molecular weight is 313 g/mol.